The predicted molar refractivity (Wildman–Crippen MR) is 31.7 cm³/mol. The van der Waals surface area contributed by atoms with Gasteiger partial charge in [-0.05, 0) is 17.7 Å². The maximum absolute atomic E-state index is 8.49. The third-order valence-electron chi connectivity index (χ3n) is 1.56. The number of aromatic nitrogens is 1. The molecule has 1 unspecified atom stereocenters. The fraction of sp³-hybridized carbons (Fsp3) is 0.143. The quantitative estimate of drug-likeness (QED) is 0.508. The van der Waals surface area contributed by atoms with E-state index in [4.69, 9.17) is 5.26 Å². The Morgan fingerprint density at radius 1 is 1.67 bits per heavy atom. The molecule has 0 amide bonds. The summed E-state index contributed by atoms with van der Waals surface area (Å²) in [6, 6.07) is 5.97. The lowest BCUT2D eigenvalue weighted by Crippen LogP contribution is -2.10. The molecule has 0 spiro atoms. The molecule has 1 aliphatic heterocycles. The van der Waals surface area contributed by atoms with Gasteiger partial charge in [0.2, 0.25) is 0 Å². The first-order chi connectivity index (χ1) is 4.42. The molecule has 9 heavy (non-hydrogen) atoms. The molecule has 0 saturated carbocycles. The van der Waals surface area contributed by atoms with Crippen LogP contribution in [0, 0.1) is 11.3 Å². The van der Waals surface area contributed by atoms with Crippen molar-refractivity contribution in [2.45, 2.75) is 5.92 Å². The maximum atomic E-state index is 8.49. The number of fused-ring (bicyclic) bond motifs is 2. The molecule has 0 saturated heterocycles. The fourth-order valence-electron chi connectivity index (χ4n) is 1.02. The van der Waals surface area contributed by atoms with Gasteiger partial charge in [-0.15, -0.1) is 0 Å². The lowest BCUT2D eigenvalue weighted by molar-refractivity contribution is 0.880. The summed E-state index contributed by atoms with van der Waals surface area (Å²) in [7, 11) is 0. The largest absolute Gasteiger partial charge is 0.260 e. The van der Waals surface area contributed by atoms with Gasteiger partial charge in [0.15, 0.2) is 0 Å². The smallest absolute Gasteiger partial charge is 0.113 e. The molecule has 2 aliphatic rings. The highest BCUT2D eigenvalue weighted by atomic mass is 14.7. The Bertz CT molecular complexity index is 258. The van der Waals surface area contributed by atoms with Gasteiger partial charge in [0.05, 0.1) is 11.8 Å². The highest BCUT2D eigenvalue weighted by molar-refractivity contribution is 5.44. The van der Waals surface area contributed by atoms with Gasteiger partial charge in [-0.1, -0.05) is 0 Å². The van der Waals surface area contributed by atoms with Gasteiger partial charge in [0, 0.05) is 6.20 Å². The molecular formula is C7H4N2. The summed E-state index contributed by atoms with van der Waals surface area (Å²) in [5.74, 6) is -0.0185. The first-order valence-electron chi connectivity index (χ1n) is 2.77. The van der Waals surface area contributed by atoms with Crippen molar-refractivity contribution in [2.24, 2.45) is 0 Å². The Hall–Kier alpha value is -1.36. The first kappa shape index (κ1) is 4.51. The molecule has 1 aromatic rings. The van der Waals surface area contributed by atoms with E-state index in [1.54, 1.807) is 6.20 Å². The molecule has 2 heteroatoms. The van der Waals surface area contributed by atoms with Gasteiger partial charge in [-0.25, -0.2) is 0 Å². The van der Waals surface area contributed by atoms with Crippen LogP contribution in [-0.4, -0.2) is 4.98 Å². The summed E-state index contributed by atoms with van der Waals surface area (Å²) in [6.45, 7) is 0. The normalized spacial score (nSPS) is 20.1. The average Bonchev–Trinajstić information content (AvgIpc) is 1.90. The summed E-state index contributed by atoms with van der Waals surface area (Å²) in [5.41, 5.74) is 2.01. The van der Waals surface area contributed by atoms with Crippen LogP contribution in [-0.2, 0) is 0 Å². The number of hydrogen-bond donors (Lipinski definition) is 0. The summed E-state index contributed by atoms with van der Waals surface area (Å²) < 4.78 is 0. The van der Waals surface area contributed by atoms with Crippen molar-refractivity contribution < 1.29 is 0 Å². The fourth-order valence-corrected chi connectivity index (χ4v) is 1.02. The number of rotatable bonds is 0. The van der Waals surface area contributed by atoms with Gasteiger partial charge in [-0.3, -0.25) is 4.98 Å². The van der Waals surface area contributed by atoms with E-state index < -0.39 is 0 Å². The SMILES string of the molecule is N#CC1c2ccnc1c2. The second-order valence-electron chi connectivity index (χ2n) is 2.08. The molecule has 0 N–H and O–H groups in total. The van der Waals surface area contributed by atoms with Gasteiger partial charge < -0.3 is 0 Å². The third-order valence-corrected chi connectivity index (χ3v) is 1.56. The van der Waals surface area contributed by atoms with E-state index in [-0.39, 0.29) is 5.92 Å². The zero-order valence-electron chi connectivity index (χ0n) is 4.70. The van der Waals surface area contributed by atoms with Crippen LogP contribution in [0.4, 0.5) is 0 Å². The number of pyridine rings is 1. The minimum absolute atomic E-state index is 0.0185. The standard InChI is InChI=1S/C7H4N2/c8-4-6-5-1-2-9-7(6)3-5/h1-3,6H. The summed E-state index contributed by atoms with van der Waals surface area (Å²) >= 11 is 0. The summed E-state index contributed by atoms with van der Waals surface area (Å²) in [6.07, 6.45) is 1.73. The van der Waals surface area contributed by atoms with E-state index in [1.165, 1.54) is 0 Å². The molecule has 1 aromatic heterocycles. The minimum Gasteiger partial charge on any atom is -0.260 e. The Labute approximate surface area is 52.8 Å². The van der Waals surface area contributed by atoms with E-state index in [0.717, 1.165) is 11.3 Å². The van der Waals surface area contributed by atoms with E-state index in [2.05, 4.69) is 11.1 Å². The van der Waals surface area contributed by atoms with E-state index >= 15 is 0 Å². The van der Waals surface area contributed by atoms with Crippen LogP contribution >= 0.6 is 0 Å². The monoisotopic (exact) mass is 116 g/mol. The Balaban J connectivity index is 2.56. The predicted octanol–water partition coefficient (Wildman–Crippen LogP) is 1.05. The Morgan fingerprint density at radius 2 is 2.56 bits per heavy atom. The molecule has 2 heterocycles. The lowest BCUT2D eigenvalue weighted by atomic mass is 9.87. The second kappa shape index (κ2) is 1.32. The Kier molecular flexibility index (Phi) is 0.663. The van der Waals surface area contributed by atoms with Crippen LogP contribution in [0.25, 0.3) is 0 Å². The van der Waals surface area contributed by atoms with E-state index in [9.17, 15) is 0 Å². The van der Waals surface area contributed by atoms with Crippen LogP contribution in [0.1, 0.15) is 17.2 Å². The highest BCUT2D eigenvalue weighted by Crippen LogP contribution is 2.31. The topological polar surface area (TPSA) is 36.7 Å². The van der Waals surface area contributed by atoms with Crippen molar-refractivity contribution in [3.63, 3.8) is 0 Å². The van der Waals surface area contributed by atoms with Crippen molar-refractivity contribution in [2.75, 3.05) is 0 Å². The molecule has 1 atom stereocenters. The molecule has 42 valence electrons. The number of nitrogens with zero attached hydrogens (tertiary/aromatic N) is 2. The molecule has 2 nitrogen and oxygen atoms in total. The van der Waals surface area contributed by atoms with E-state index in [0.29, 0.717) is 0 Å². The Morgan fingerprint density at radius 3 is 2.89 bits per heavy atom. The molecule has 2 bridgehead atoms. The molecule has 1 aliphatic carbocycles. The number of nitriles is 1. The third kappa shape index (κ3) is 0.411. The zero-order valence-corrected chi connectivity index (χ0v) is 4.70. The summed E-state index contributed by atoms with van der Waals surface area (Å²) in [5, 5.41) is 8.49. The van der Waals surface area contributed by atoms with E-state index in [1.807, 2.05) is 12.1 Å². The lowest BCUT2D eigenvalue weighted by Gasteiger charge is -2.18. The second-order valence-corrected chi connectivity index (χ2v) is 2.08. The van der Waals surface area contributed by atoms with Crippen LogP contribution in [0.2, 0.25) is 0 Å². The van der Waals surface area contributed by atoms with Gasteiger partial charge in [0.25, 0.3) is 0 Å². The van der Waals surface area contributed by atoms with Crippen LogP contribution in [0.15, 0.2) is 18.3 Å². The molecule has 0 fully saturated rings. The van der Waals surface area contributed by atoms with Crippen LogP contribution in [0.5, 0.6) is 0 Å². The molecule has 0 radical (unpaired) electrons. The van der Waals surface area contributed by atoms with Crippen molar-refractivity contribution in [1.29, 1.82) is 5.26 Å². The van der Waals surface area contributed by atoms with Gasteiger partial charge in [-0.2, -0.15) is 5.26 Å². The van der Waals surface area contributed by atoms with Crippen molar-refractivity contribution >= 4 is 0 Å². The number of hydrogen-bond acceptors (Lipinski definition) is 2. The summed E-state index contributed by atoms with van der Waals surface area (Å²) in [4.78, 5) is 3.99. The van der Waals surface area contributed by atoms with Gasteiger partial charge >= 0.3 is 0 Å². The first-order valence-corrected chi connectivity index (χ1v) is 2.77. The molecule has 3 rings (SSSR count). The average molecular weight is 116 g/mol. The van der Waals surface area contributed by atoms with Crippen LogP contribution in [0.3, 0.4) is 0 Å². The maximum Gasteiger partial charge on any atom is 0.113 e. The van der Waals surface area contributed by atoms with Gasteiger partial charge in [0.1, 0.15) is 5.92 Å². The minimum atomic E-state index is -0.0185. The van der Waals surface area contributed by atoms with Crippen molar-refractivity contribution in [1.82, 2.24) is 4.98 Å². The van der Waals surface area contributed by atoms with Crippen molar-refractivity contribution in [3.05, 3.63) is 29.6 Å². The zero-order chi connectivity index (χ0) is 6.27. The highest BCUT2D eigenvalue weighted by Gasteiger charge is 2.23. The molecular weight excluding hydrogens is 112 g/mol. The van der Waals surface area contributed by atoms with Crippen LogP contribution < -0.4 is 0 Å². The molecule has 0 aromatic carbocycles. The van der Waals surface area contributed by atoms with Crippen molar-refractivity contribution in [3.8, 4) is 6.07 Å².